The first kappa shape index (κ1) is 42.1. The Morgan fingerprint density at radius 2 is 0.586 bits per heavy atom. The topological polar surface area (TPSA) is 3.24 Å². The van der Waals surface area contributed by atoms with Crippen LogP contribution < -0.4 is 4.90 Å². The van der Waals surface area contributed by atoms with Gasteiger partial charge in [-0.1, -0.05) is 230 Å². The van der Waals surface area contributed by atoms with Gasteiger partial charge in [-0.25, -0.2) is 0 Å². The van der Waals surface area contributed by atoms with Gasteiger partial charge in [0.25, 0.3) is 0 Å². The highest BCUT2D eigenvalue weighted by Gasteiger charge is 2.39. The number of anilines is 3. The first-order valence-corrected chi connectivity index (χ1v) is 24.9. The van der Waals surface area contributed by atoms with Crippen LogP contribution in [0.5, 0.6) is 0 Å². The minimum absolute atomic E-state index is 0.115. The lowest BCUT2D eigenvalue weighted by Crippen LogP contribution is -2.16. The average Bonchev–Trinajstić information content (AvgIpc) is 3.89. The van der Waals surface area contributed by atoms with Gasteiger partial charge in [-0.3, -0.25) is 0 Å². The molecule has 0 aromatic heterocycles. The van der Waals surface area contributed by atoms with Crippen LogP contribution in [0.3, 0.4) is 0 Å². The van der Waals surface area contributed by atoms with Gasteiger partial charge in [0, 0.05) is 33.1 Å². The molecule has 13 rings (SSSR count). The number of hydrogen-bond acceptors (Lipinski definition) is 1. The molecule has 10 aromatic carbocycles. The predicted molar refractivity (Wildman–Crippen MR) is 296 cm³/mol. The zero-order valence-electron chi connectivity index (χ0n) is 40.8. The molecule has 0 radical (unpaired) electrons. The molecule has 0 aliphatic heterocycles. The summed E-state index contributed by atoms with van der Waals surface area (Å²) in [7, 11) is 0. The first-order chi connectivity index (χ1) is 34.0. The van der Waals surface area contributed by atoms with Crippen LogP contribution in [0, 0.1) is 0 Å². The van der Waals surface area contributed by atoms with Crippen molar-refractivity contribution in [2.75, 3.05) is 4.90 Å². The third-order valence-corrected chi connectivity index (χ3v) is 16.3. The van der Waals surface area contributed by atoms with E-state index >= 15 is 0 Å². The quantitative estimate of drug-likeness (QED) is 0.154. The largest absolute Gasteiger partial charge is 0.309 e. The van der Waals surface area contributed by atoms with E-state index in [1.165, 1.54) is 111 Å². The minimum atomic E-state index is -0.127. The summed E-state index contributed by atoms with van der Waals surface area (Å²) in [6, 6.07) is 84.2. The number of nitrogens with zero attached hydrogens (tertiary/aromatic N) is 1. The Balaban J connectivity index is 0.971. The van der Waals surface area contributed by atoms with E-state index in [9.17, 15) is 0 Å². The van der Waals surface area contributed by atoms with Crippen LogP contribution in [-0.4, -0.2) is 0 Å². The Kier molecular flexibility index (Phi) is 9.33. The first-order valence-electron chi connectivity index (χ1n) is 24.9. The summed E-state index contributed by atoms with van der Waals surface area (Å²) in [5.41, 5.74) is 29.1. The maximum atomic E-state index is 2.50. The van der Waals surface area contributed by atoms with Gasteiger partial charge in [-0.05, 0) is 137 Å². The average molecular weight is 898 g/mol. The number of hydrogen-bond donors (Lipinski definition) is 0. The maximum Gasteiger partial charge on any atom is 0.0540 e. The molecule has 336 valence electrons. The van der Waals surface area contributed by atoms with Crippen molar-refractivity contribution < 1.29 is 0 Å². The van der Waals surface area contributed by atoms with Crippen molar-refractivity contribution in [3.63, 3.8) is 0 Å². The van der Waals surface area contributed by atoms with Crippen LogP contribution in [0.15, 0.2) is 224 Å². The van der Waals surface area contributed by atoms with E-state index in [0.29, 0.717) is 0 Å². The second kappa shape index (κ2) is 15.5. The molecule has 0 bridgehead atoms. The Bertz CT molecular complexity index is 3600. The van der Waals surface area contributed by atoms with Gasteiger partial charge in [-0.2, -0.15) is 0 Å². The molecule has 0 fully saturated rings. The lowest BCUT2D eigenvalue weighted by atomic mass is 9.78. The van der Waals surface area contributed by atoms with E-state index in [2.05, 4.69) is 271 Å². The molecule has 1 nitrogen and oxygen atoms in total. The molecule has 70 heavy (non-hydrogen) atoms. The van der Waals surface area contributed by atoms with E-state index < -0.39 is 0 Å². The fourth-order valence-electron chi connectivity index (χ4n) is 12.8. The molecule has 1 heteroatoms. The summed E-state index contributed by atoms with van der Waals surface area (Å²) >= 11 is 0. The van der Waals surface area contributed by atoms with Crippen molar-refractivity contribution in [1.82, 2.24) is 0 Å². The van der Waals surface area contributed by atoms with E-state index in [1.54, 1.807) is 0 Å². The SMILES string of the molecule is CC1(C)c2ccccc2-c2ccc(-c3ccccc3N(c3ccc(-c4ccccc4-c4cccc5c4C(C)(C)c4ccccc4-5)cc3)c3ccccc3-c3ccc4c(c3)C(C)(C)c3ccccc3-4)cc21. The predicted octanol–water partition coefficient (Wildman–Crippen LogP) is 18.7. The molecule has 3 aliphatic rings. The Labute approximate surface area is 413 Å². The fraction of sp³-hybridized carbons (Fsp3) is 0.130. The molecule has 0 saturated carbocycles. The molecule has 0 unspecified atom stereocenters. The van der Waals surface area contributed by atoms with Gasteiger partial charge in [0.15, 0.2) is 0 Å². The van der Waals surface area contributed by atoms with Crippen molar-refractivity contribution in [3.05, 3.63) is 258 Å². The number of rotatable bonds is 7. The molecule has 0 N–H and O–H groups in total. The van der Waals surface area contributed by atoms with Gasteiger partial charge in [0.2, 0.25) is 0 Å². The van der Waals surface area contributed by atoms with Crippen molar-refractivity contribution >= 4 is 17.1 Å². The van der Waals surface area contributed by atoms with Crippen LogP contribution in [0.1, 0.15) is 74.9 Å². The minimum Gasteiger partial charge on any atom is -0.309 e. The molecule has 0 saturated heterocycles. The molecule has 0 amide bonds. The number of benzene rings is 10. The third kappa shape index (κ3) is 6.17. The van der Waals surface area contributed by atoms with E-state index in [4.69, 9.17) is 0 Å². The highest BCUT2D eigenvalue weighted by Crippen LogP contribution is 2.55. The van der Waals surface area contributed by atoms with Crippen LogP contribution in [0.4, 0.5) is 17.1 Å². The van der Waals surface area contributed by atoms with Crippen molar-refractivity contribution in [1.29, 1.82) is 0 Å². The summed E-state index contributed by atoms with van der Waals surface area (Å²) in [5.74, 6) is 0. The molecule has 10 aromatic rings. The van der Waals surface area contributed by atoms with Crippen molar-refractivity contribution in [2.45, 2.75) is 57.8 Å². The van der Waals surface area contributed by atoms with Crippen molar-refractivity contribution in [3.8, 4) is 77.9 Å². The summed E-state index contributed by atoms with van der Waals surface area (Å²) in [5, 5.41) is 0. The Morgan fingerprint density at radius 1 is 0.243 bits per heavy atom. The molecule has 0 heterocycles. The highest BCUT2D eigenvalue weighted by molar-refractivity contribution is 5.97. The molecule has 0 atom stereocenters. The van der Waals surface area contributed by atoms with Crippen LogP contribution >= 0.6 is 0 Å². The summed E-state index contributed by atoms with van der Waals surface area (Å²) in [6.45, 7) is 14.3. The maximum absolute atomic E-state index is 2.50. The van der Waals surface area contributed by atoms with E-state index in [0.717, 1.165) is 17.1 Å². The molecular formula is C69H55N. The lowest BCUT2D eigenvalue weighted by molar-refractivity contribution is 0.660. The lowest BCUT2D eigenvalue weighted by Gasteiger charge is -2.31. The van der Waals surface area contributed by atoms with Gasteiger partial charge >= 0.3 is 0 Å². The zero-order valence-corrected chi connectivity index (χ0v) is 40.8. The smallest absolute Gasteiger partial charge is 0.0540 e. The third-order valence-electron chi connectivity index (χ3n) is 16.3. The zero-order chi connectivity index (χ0) is 47.5. The van der Waals surface area contributed by atoms with Gasteiger partial charge in [-0.15, -0.1) is 0 Å². The molecule has 0 spiro atoms. The number of fused-ring (bicyclic) bond motifs is 9. The van der Waals surface area contributed by atoms with Crippen LogP contribution in [0.2, 0.25) is 0 Å². The second-order valence-electron chi connectivity index (χ2n) is 21.2. The monoisotopic (exact) mass is 897 g/mol. The van der Waals surface area contributed by atoms with Gasteiger partial charge < -0.3 is 4.90 Å². The van der Waals surface area contributed by atoms with Crippen LogP contribution in [0.25, 0.3) is 77.9 Å². The molecular weight excluding hydrogens is 843 g/mol. The number of para-hydroxylation sites is 2. The summed E-state index contributed by atoms with van der Waals surface area (Å²) in [6.07, 6.45) is 0. The summed E-state index contributed by atoms with van der Waals surface area (Å²) < 4.78 is 0. The standard InChI is InChI=1S/C69H55N/c1-67(2)59-29-14-9-24-52(59)55-40-36-45(42-62(55)67)49-21-12-17-32-64(49)70(65-33-18-13-22-50(65)46-37-41-56-53-25-10-15-30-60(53)68(3,4)63(56)43-46)47-38-34-44(35-39-47)48-20-7-8-23-51(48)57-27-19-28-58-54-26-11-16-31-61(54)69(5,6)66(57)58/h7-43H,1-6H3. The van der Waals surface area contributed by atoms with Crippen molar-refractivity contribution in [2.24, 2.45) is 0 Å². The normalized spacial score (nSPS) is 14.8. The Hall–Kier alpha value is -8.00. The van der Waals surface area contributed by atoms with E-state index in [1.807, 2.05) is 0 Å². The van der Waals surface area contributed by atoms with Gasteiger partial charge in [0.1, 0.15) is 0 Å². The molecule has 3 aliphatic carbocycles. The van der Waals surface area contributed by atoms with Gasteiger partial charge in [0.05, 0.1) is 11.4 Å². The fourth-order valence-corrected chi connectivity index (χ4v) is 12.8. The highest BCUT2D eigenvalue weighted by atomic mass is 15.1. The Morgan fingerprint density at radius 3 is 1.09 bits per heavy atom. The summed E-state index contributed by atoms with van der Waals surface area (Å²) in [4.78, 5) is 2.50. The van der Waals surface area contributed by atoms with E-state index in [-0.39, 0.29) is 16.2 Å². The second-order valence-corrected chi connectivity index (χ2v) is 21.2. The van der Waals surface area contributed by atoms with Crippen LogP contribution in [-0.2, 0) is 16.2 Å².